The molecule has 0 fully saturated rings. The fourth-order valence-electron chi connectivity index (χ4n) is 3.28. The molecule has 0 heterocycles. The topological polar surface area (TPSA) is 58.2 Å². The Labute approximate surface area is 172 Å². The first-order valence-electron chi connectivity index (χ1n) is 9.87. The maximum absolute atomic E-state index is 13.1. The Balaban J connectivity index is 1.83. The van der Waals surface area contributed by atoms with Gasteiger partial charge in [0.05, 0.1) is 0 Å². The lowest BCUT2D eigenvalue weighted by Gasteiger charge is -2.20. The Morgan fingerprint density at radius 2 is 1.52 bits per heavy atom. The van der Waals surface area contributed by atoms with Crippen LogP contribution < -0.4 is 10.6 Å². The summed E-state index contributed by atoms with van der Waals surface area (Å²) in [4.78, 5) is 26.0. The molecule has 0 spiro atoms. The van der Waals surface area contributed by atoms with E-state index in [0.717, 1.165) is 28.8 Å². The van der Waals surface area contributed by atoms with Gasteiger partial charge in [-0.3, -0.25) is 9.59 Å². The molecule has 0 aliphatic heterocycles. The highest BCUT2D eigenvalue weighted by Gasteiger charge is 2.23. The summed E-state index contributed by atoms with van der Waals surface area (Å²) in [5.74, 6) is -0.464. The van der Waals surface area contributed by atoms with Crippen molar-refractivity contribution in [2.75, 3.05) is 5.32 Å². The molecule has 3 aromatic carbocycles. The molecule has 0 radical (unpaired) electrons. The van der Waals surface area contributed by atoms with E-state index in [1.807, 2.05) is 86.6 Å². The van der Waals surface area contributed by atoms with Crippen LogP contribution in [0.3, 0.4) is 0 Å². The second kappa shape index (κ2) is 9.69. The summed E-state index contributed by atoms with van der Waals surface area (Å²) in [6.45, 7) is 3.95. The van der Waals surface area contributed by atoms with E-state index in [0.29, 0.717) is 12.0 Å². The van der Waals surface area contributed by atoms with Crippen LogP contribution in [-0.4, -0.2) is 17.9 Å². The Bertz CT molecular complexity index is 983. The van der Waals surface area contributed by atoms with Gasteiger partial charge in [-0.2, -0.15) is 0 Å². The standard InChI is InChI=1S/C25H26N2O2/c1-3-20-14-8-9-15-21(20)24(28)27-23(17-19-12-5-4-6-13-19)25(29)26-22-16-10-7-11-18(22)2/h4-16,23H,3,17H2,1-2H3,(H,26,29)(H,27,28). The minimum absolute atomic E-state index is 0.231. The Hall–Kier alpha value is -3.40. The third-order valence-electron chi connectivity index (χ3n) is 4.95. The van der Waals surface area contributed by atoms with Crippen LogP contribution in [0.5, 0.6) is 0 Å². The summed E-state index contributed by atoms with van der Waals surface area (Å²) in [7, 11) is 0. The van der Waals surface area contributed by atoms with Gasteiger partial charge in [-0.25, -0.2) is 0 Å². The quantitative estimate of drug-likeness (QED) is 0.626. The molecule has 0 bridgehead atoms. The van der Waals surface area contributed by atoms with E-state index in [2.05, 4.69) is 10.6 Å². The van der Waals surface area contributed by atoms with E-state index in [1.54, 1.807) is 6.07 Å². The molecule has 0 saturated heterocycles. The highest BCUT2D eigenvalue weighted by Crippen LogP contribution is 2.15. The second-order valence-corrected chi connectivity index (χ2v) is 7.03. The molecular formula is C25H26N2O2. The molecule has 4 heteroatoms. The van der Waals surface area contributed by atoms with E-state index in [4.69, 9.17) is 0 Å². The van der Waals surface area contributed by atoms with E-state index < -0.39 is 6.04 Å². The van der Waals surface area contributed by atoms with Gasteiger partial charge in [0.1, 0.15) is 6.04 Å². The molecule has 2 amide bonds. The lowest BCUT2D eigenvalue weighted by molar-refractivity contribution is -0.118. The highest BCUT2D eigenvalue weighted by atomic mass is 16.2. The second-order valence-electron chi connectivity index (χ2n) is 7.03. The summed E-state index contributed by atoms with van der Waals surface area (Å²) in [6, 6.07) is 24.1. The maximum Gasteiger partial charge on any atom is 0.252 e. The number of rotatable bonds is 7. The molecule has 29 heavy (non-hydrogen) atoms. The number of para-hydroxylation sites is 1. The van der Waals surface area contributed by atoms with Crippen molar-refractivity contribution in [3.05, 3.63) is 101 Å². The van der Waals surface area contributed by atoms with E-state index in [-0.39, 0.29) is 11.8 Å². The average Bonchev–Trinajstić information content (AvgIpc) is 2.75. The minimum Gasteiger partial charge on any atom is -0.340 e. The number of carbonyl (C=O) groups is 2. The number of benzene rings is 3. The van der Waals surface area contributed by atoms with Gasteiger partial charge in [-0.1, -0.05) is 73.7 Å². The van der Waals surface area contributed by atoms with Crippen molar-refractivity contribution < 1.29 is 9.59 Å². The molecule has 3 aromatic rings. The first kappa shape index (κ1) is 20.3. The van der Waals surface area contributed by atoms with Crippen LogP contribution in [0.15, 0.2) is 78.9 Å². The fraction of sp³-hybridized carbons (Fsp3) is 0.200. The van der Waals surface area contributed by atoms with Gasteiger partial charge in [0, 0.05) is 17.7 Å². The van der Waals surface area contributed by atoms with Crippen LogP contribution in [0.25, 0.3) is 0 Å². The van der Waals surface area contributed by atoms with Crippen LogP contribution in [0.4, 0.5) is 5.69 Å². The Morgan fingerprint density at radius 1 is 0.862 bits per heavy atom. The zero-order valence-corrected chi connectivity index (χ0v) is 16.8. The number of amides is 2. The van der Waals surface area contributed by atoms with Gasteiger partial charge in [0.15, 0.2) is 0 Å². The Kier molecular flexibility index (Phi) is 6.80. The third kappa shape index (κ3) is 5.32. The molecule has 3 rings (SSSR count). The van der Waals surface area contributed by atoms with E-state index >= 15 is 0 Å². The summed E-state index contributed by atoms with van der Waals surface area (Å²) < 4.78 is 0. The molecule has 1 atom stereocenters. The van der Waals surface area contributed by atoms with Gasteiger partial charge in [0.2, 0.25) is 5.91 Å². The van der Waals surface area contributed by atoms with Crippen LogP contribution in [-0.2, 0) is 17.6 Å². The molecular weight excluding hydrogens is 360 g/mol. The molecule has 0 aromatic heterocycles. The van der Waals surface area contributed by atoms with Gasteiger partial charge < -0.3 is 10.6 Å². The zero-order chi connectivity index (χ0) is 20.6. The van der Waals surface area contributed by atoms with Gasteiger partial charge in [-0.15, -0.1) is 0 Å². The lowest BCUT2D eigenvalue weighted by Crippen LogP contribution is -2.45. The van der Waals surface area contributed by atoms with Crippen molar-refractivity contribution in [2.45, 2.75) is 32.7 Å². The van der Waals surface area contributed by atoms with Crippen LogP contribution in [0, 0.1) is 6.92 Å². The van der Waals surface area contributed by atoms with Crippen molar-refractivity contribution in [3.63, 3.8) is 0 Å². The number of aryl methyl sites for hydroxylation is 2. The normalized spacial score (nSPS) is 11.5. The number of hydrogen-bond donors (Lipinski definition) is 2. The van der Waals surface area contributed by atoms with E-state index in [9.17, 15) is 9.59 Å². The Morgan fingerprint density at radius 3 is 2.24 bits per heavy atom. The SMILES string of the molecule is CCc1ccccc1C(=O)NC(Cc1ccccc1)C(=O)Nc1ccccc1C. The third-order valence-corrected chi connectivity index (χ3v) is 4.95. The monoisotopic (exact) mass is 386 g/mol. The smallest absolute Gasteiger partial charge is 0.252 e. The molecule has 2 N–H and O–H groups in total. The number of nitrogens with one attached hydrogen (secondary N) is 2. The largest absolute Gasteiger partial charge is 0.340 e. The molecule has 1 unspecified atom stereocenters. The average molecular weight is 386 g/mol. The number of anilines is 1. The zero-order valence-electron chi connectivity index (χ0n) is 16.8. The molecule has 0 saturated carbocycles. The number of hydrogen-bond acceptors (Lipinski definition) is 2. The van der Waals surface area contributed by atoms with Crippen molar-refractivity contribution in [3.8, 4) is 0 Å². The molecule has 4 nitrogen and oxygen atoms in total. The first-order chi connectivity index (χ1) is 14.1. The predicted octanol–water partition coefficient (Wildman–Crippen LogP) is 4.54. The van der Waals surface area contributed by atoms with Crippen LogP contribution in [0.1, 0.15) is 34.0 Å². The summed E-state index contributed by atoms with van der Waals surface area (Å²) >= 11 is 0. The van der Waals surface area contributed by atoms with Gasteiger partial charge >= 0.3 is 0 Å². The van der Waals surface area contributed by atoms with Crippen molar-refractivity contribution in [1.82, 2.24) is 5.32 Å². The molecule has 0 aliphatic carbocycles. The van der Waals surface area contributed by atoms with Crippen molar-refractivity contribution >= 4 is 17.5 Å². The van der Waals surface area contributed by atoms with Crippen LogP contribution in [0.2, 0.25) is 0 Å². The molecule has 148 valence electrons. The van der Waals surface area contributed by atoms with Crippen molar-refractivity contribution in [2.24, 2.45) is 0 Å². The summed E-state index contributed by atoms with van der Waals surface area (Å²) in [5, 5.41) is 5.91. The van der Waals surface area contributed by atoms with Gasteiger partial charge in [-0.05, 0) is 42.2 Å². The predicted molar refractivity (Wildman–Crippen MR) is 117 cm³/mol. The summed E-state index contributed by atoms with van der Waals surface area (Å²) in [5.41, 5.74) is 4.28. The fourth-order valence-corrected chi connectivity index (χ4v) is 3.28. The minimum atomic E-state index is -0.686. The van der Waals surface area contributed by atoms with Crippen molar-refractivity contribution in [1.29, 1.82) is 0 Å². The maximum atomic E-state index is 13.1. The first-order valence-corrected chi connectivity index (χ1v) is 9.87. The molecule has 0 aliphatic rings. The highest BCUT2D eigenvalue weighted by molar-refractivity contribution is 6.02. The summed E-state index contributed by atoms with van der Waals surface area (Å²) in [6.07, 6.45) is 1.17. The lowest BCUT2D eigenvalue weighted by atomic mass is 10.0. The van der Waals surface area contributed by atoms with Gasteiger partial charge in [0.25, 0.3) is 5.91 Å². The van der Waals surface area contributed by atoms with E-state index in [1.165, 1.54) is 0 Å². The van der Waals surface area contributed by atoms with Crippen LogP contribution >= 0.6 is 0 Å². The number of carbonyl (C=O) groups excluding carboxylic acids is 2.